The van der Waals surface area contributed by atoms with E-state index in [0.717, 1.165) is 17.4 Å². The minimum atomic E-state index is -0.347. The average molecular weight is 227 g/mol. The number of rotatable bonds is 5. The van der Waals surface area contributed by atoms with Crippen LogP contribution in [0.4, 0.5) is 5.13 Å². The first-order chi connectivity index (χ1) is 7.18. The smallest absolute Gasteiger partial charge is 0.202 e. The summed E-state index contributed by atoms with van der Waals surface area (Å²) in [5, 5.41) is 4.27. The van der Waals surface area contributed by atoms with Crippen LogP contribution in [0.25, 0.3) is 0 Å². The summed E-state index contributed by atoms with van der Waals surface area (Å²) in [6.07, 6.45) is 3.39. The van der Waals surface area contributed by atoms with Gasteiger partial charge >= 0.3 is 0 Å². The number of nitrogens with zero attached hydrogens (tertiary/aromatic N) is 2. The largest absolute Gasteiger partial charge is 0.370 e. The molecule has 1 N–H and O–H groups in total. The van der Waals surface area contributed by atoms with Crippen molar-refractivity contribution in [3.05, 3.63) is 5.82 Å². The molecule has 4 nitrogen and oxygen atoms in total. The maximum atomic E-state index is 5.46. The SMILES string of the molecule is CCC(C)(OC)c1nsc(NC2CC2)n1. The monoisotopic (exact) mass is 227 g/mol. The second kappa shape index (κ2) is 4.06. The van der Waals surface area contributed by atoms with E-state index in [4.69, 9.17) is 4.74 Å². The van der Waals surface area contributed by atoms with Crippen molar-refractivity contribution in [3.8, 4) is 0 Å². The lowest BCUT2D eigenvalue weighted by Gasteiger charge is -2.22. The van der Waals surface area contributed by atoms with Crippen LogP contribution in [0, 0.1) is 0 Å². The molecule has 0 amide bonds. The Labute approximate surface area is 94.2 Å². The molecular formula is C10H17N3OS. The molecule has 1 aliphatic carbocycles. The molecule has 0 aliphatic heterocycles. The molecule has 1 atom stereocenters. The number of nitrogens with one attached hydrogen (secondary N) is 1. The van der Waals surface area contributed by atoms with Gasteiger partial charge in [-0.2, -0.15) is 4.37 Å². The van der Waals surface area contributed by atoms with Gasteiger partial charge < -0.3 is 10.1 Å². The van der Waals surface area contributed by atoms with E-state index in [0.29, 0.717) is 6.04 Å². The van der Waals surface area contributed by atoms with Gasteiger partial charge in [0.25, 0.3) is 0 Å². The summed E-state index contributed by atoms with van der Waals surface area (Å²) >= 11 is 1.42. The minimum absolute atomic E-state index is 0.347. The summed E-state index contributed by atoms with van der Waals surface area (Å²) in [5.74, 6) is 0.792. The van der Waals surface area contributed by atoms with Crippen molar-refractivity contribution >= 4 is 16.7 Å². The van der Waals surface area contributed by atoms with Gasteiger partial charge in [0.05, 0.1) is 0 Å². The molecule has 5 heteroatoms. The Hall–Kier alpha value is -0.680. The molecule has 1 fully saturated rings. The average Bonchev–Trinajstić information content (AvgIpc) is 2.93. The number of hydrogen-bond acceptors (Lipinski definition) is 5. The van der Waals surface area contributed by atoms with Crippen molar-refractivity contribution in [1.82, 2.24) is 9.36 Å². The molecule has 1 heterocycles. The Morgan fingerprint density at radius 1 is 1.60 bits per heavy atom. The van der Waals surface area contributed by atoms with Crippen molar-refractivity contribution in [2.24, 2.45) is 0 Å². The van der Waals surface area contributed by atoms with E-state index in [1.54, 1.807) is 7.11 Å². The summed E-state index contributed by atoms with van der Waals surface area (Å²) in [5.41, 5.74) is -0.347. The van der Waals surface area contributed by atoms with E-state index in [1.165, 1.54) is 24.4 Å². The molecule has 0 aromatic carbocycles. The minimum Gasteiger partial charge on any atom is -0.370 e. The van der Waals surface area contributed by atoms with Gasteiger partial charge in [0, 0.05) is 24.7 Å². The summed E-state index contributed by atoms with van der Waals surface area (Å²) in [7, 11) is 1.71. The Morgan fingerprint density at radius 3 is 2.87 bits per heavy atom. The van der Waals surface area contributed by atoms with Gasteiger partial charge in [0.15, 0.2) is 5.82 Å². The number of hydrogen-bond donors (Lipinski definition) is 1. The molecule has 1 aliphatic rings. The molecule has 2 rings (SSSR count). The highest BCUT2D eigenvalue weighted by molar-refractivity contribution is 7.09. The van der Waals surface area contributed by atoms with Crippen LogP contribution < -0.4 is 5.32 Å². The van der Waals surface area contributed by atoms with Gasteiger partial charge in [0.2, 0.25) is 5.13 Å². The van der Waals surface area contributed by atoms with Crippen LogP contribution >= 0.6 is 11.5 Å². The van der Waals surface area contributed by atoms with Crippen molar-refractivity contribution in [2.75, 3.05) is 12.4 Å². The van der Waals surface area contributed by atoms with Gasteiger partial charge in [-0.1, -0.05) is 6.92 Å². The Kier molecular flexibility index (Phi) is 2.93. The first-order valence-corrected chi connectivity index (χ1v) is 6.11. The van der Waals surface area contributed by atoms with E-state index in [-0.39, 0.29) is 5.60 Å². The second-order valence-corrected chi connectivity index (χ2v) is 4.88. The van der Waals surface area contributed by atoms with E-state index < -0.39 is 0 Å². The topological polar surface area (TPSA) is 47.0 Å². The normalized spacial score (nSPS) is 19.9. The first-order valence-electron chi connectivity index (χ1n) is 5.34. The van der Waals surface area contributed by atoms with Crippen molar-refractivity contribution in [1.29, 1.82) is 0 Å². The molecule has 0 bridgehead atoms. The highest BCUT2D eigenvalue weighted by Gasteiger charge is 2.30. The van der Waals surface area contributed by atoms with E-state index >= 15 is 0 Å². The maximum Gasteiger partial charge on any atom is 0.202 e. The van der Waals surface area contributed by atoms with Crippen LogP contribution in [-0.4, -0.2) is 22.5 Å². The van der Waals surface area contributed by atoms with Gasteiger partial charge in [-0.3, -0.25) is 0 Å². The lowest BCUT2D eigenvalue weighted by atomic mass is 10.0. The summed E-state index contributed by atoms with van der Waals surface area (Å²) < 4.78 is 9.81. The number of ether oxygens (including phenoxy) is 1. The van der Waals surface area contributed by atoms with Crippen LogP contribution in [0.1, 0.15) is 38.9 Å². The molecule has 1 aromatic heterocycles. The highest BCUT2D eigenvalue weighted by Crippen LogP contribution is 2.30. The van der Waals surface area contributed by atoms with E-state index in [1.807, 2.05) is 6.92 Å². The molecule has 1 aromatic rings. The molecular weight excluding hydrogens is 210 g/mol. The van der Waals surface area contributed by atoms with Crippen LogP contribution in [0.15, 0.2) is 0 Å². The third-order valence-electron chi connectivity index (χ3n) is 2.93. The van der Waals surface area contributed by atoms with E-state index in [9.17, 15) is 0 Å². The molecule has 84 valence electrons. The van der Waals surface area contributed by atoms with Gasteiger partial charge in [0.1, 0.15) is 5.60 Å². The quantitative estimate of drug-likeness (QED) is 0.839. The zero-order chi connectivity index (χ0) is 10.9. The number of methoxy groups -OCH3 is 1. The van der Waals surface area contributed by atoms with Crippen LogP contribution in [-0.2, 0) is 10.3 Å². The Balaban J connectivity index is 2.10. The fourth-order valence-corrected chi connectivity index (χ4v) is 2.05. The van der Waals surface area contributed by atoms with Crippen LogP contribution in [0.5, 0.6) is 0 Å². The van der Waals surface area contributed by atoms with Crippen molar-refractivity contribution in [3.63, 3.8) is 0 Å². The summed E-state index contributed by atoms with van der Waals surface area (Å²) in [4.78, 5) is 4.48. The zero-order valence-electron chi connectivity index (χ0n) is 9.41. The Morgan fingerprint density at radius 2 is 2.33 bits per heavy atom. The molecule has 15 heavy (non-hydrogen) atoms. The van der Waals surface area contributed by atoms with Gasteiger partial charge in [-0.05, 0) is 26.2 Å². The molecule has 0 radical (unpaired) electrons. The number of aromatic nitrogens is 2. The predicted molar refractivity (Wildman–Crippen MR) is 61.2 cm³/mol. The third-order valence-corrected chi connectivity index (χ3v) is 3.58. The standard InChI is InChI=1S/C10H17N3OS/c1-4-10(2,14-3)8-12-9(15-13-8)11-7-5-6-7/h7H,4-6H2,1-3H3,(H,11,12,13). The Bertz CT molecular complexity index is 331. The molecule has 1 unspecified atom stereocenters. The highest BCUT2D eigenvalue weighted by atomic mass is 32.1. The first kappa shape index (κ1) is 10.8. The maximum absolute atomic E-state index is 5.46. The fraction of sp³-hybridized carbons (Fsp3) is 0.800. The van der Waals surface area contributed by atoms with Crippen molar-refractivity contribution in [2.45, 2.75) is 44.8 Å². The van der Waals surface area contributed by atoms with Gasteiger partial charge in [-0.25, -0.2) is 4.98 Å². The second-order valence-electron chi connectivity index (χ2n) is 4.13. The van der Waals surface area contributed by atoms with E-state index in [2.05, 4.69) is 21.6 Å². The molecule has 0 saturated heterocycles. The molecule has 1 saturated carbocycles. The van der Waals surface area contributed by atoms with Gasteiger partial charge in [-0.15, -0.1) is 0 Å². The zero-order valence-corrected chi connectivity index (χ0v) is 10.2. The lowest BCUT2D eigenvalue weighted by molar-refractivity contribution is -0.00791. The number of anilines is 1. The fourth-order valence-electron chi connectivity index (χ4n) is 1.29. The summed E-state index contributed by atoms with van der Waals surface area (Å²) in [6.45, 7) is 4.11. The van der Waals surface area contributed by atoms with Crippen molar-refractivity contribution < 1.29 is 4.74 Å². The molecule has 0 spiro atoms. The van der Waals surface area contributed by atoms with Crippen LogP contribution in [0.2, 0.25) is 0 Å². The van der Waals surface area contributed by atoms with Crippen LogP contribution in [0.3, 0.4) is 0 Å². The lowest BCUT2D eigenvalue weighted by Crippen LogP contribution is -2.24. The predicted octanol–water partition coefficient (Wildman–Crippen LogP) is 2.38. The third kappa shape index (κ3) is 2.29. The summed E-state index contributed by atoms with van der Waals surface area (Å²) in [6, 6.07) is 0.626.